The van der Waals surface area contributed by atoms with Gasteiger partial charge in [0.1, 0.15) is 12.1 Å². The number of carbonyl (C=O) groups excluding carboxylic acids is 4. The van der Waals surface area contributed by atoms with Gasteiger partial charge in [-0.1, -0.05) is 13.8 Å². The van der Waals surface area contributed by atoms with E-state index in [1.807, 2.05) is 13.8 Å². The highest BCUT2D eigenvalue weighted by Gasteiger charge is 2.69. The van der Waals surface area contributed by atoms with Crippen LogP contribution in [0.4, 0.5) is 13.2 Å². The summed E-state index contributed by atoms with van der Waals surface area (Å²) in [4.78, 5) is 50.5. The molecule has 31 heavy (non-hydrogen) atoms. The predicted octanol–water partition coefficient (Wildman–Crippen LogP) is -0.108. The minimum absolute atomic E-state index is 0.0309. The number of piperidine rings is 1. The topological polar surface area (TPSA) is 131 Å². The van der Waals surface area contributed by atoms with E-state index in [0.717, 1.165) is 0 Å². The third kappa shape index (κ3) is 4.94. The number of primary amides is 1. The average Bonchev–Trinajstić information content (AvgIpc) is 3.00. The van der Waals surface area contributed by atoms with Crippen molar-refractivity contribution >= 4 is 23.6 Å². The molecular weight excluding hydrogens is 421 g/mol. The molecule has 3 rings (SSSR count). The van der Waals surface area contributed by atoms with Crippen molar-refractivity contribution < 1.29 is 37.1 Å². The largest absolute Gasteiger partial charge is 0.522 e. The molecule has 0 aromatic carbocycles. The van der Waals surface area contributed by atoms with Crippen molar-refractivity contribution in [3.05, 3.63) is 0 Å². The summed E-state index contributed by atoms with van der Waals surface area (Å²) in [5.41, 5.74) is 5.20. The average molecular weight is 448 g/mol. The van der Waals surface area contributed by atoms with Crippen molar-refractivity contribution in [2.45, 2.75) is 51.6 Å². The molecule has 2 heterocycles. The number of nitrogens with zero attached hydrogens (tertiary/aromatic N) is 1. The Balaban J connectivity index is 1.67. The lowest BCUT2D eigenvalue weighted by Crippen LogP contribution is -2.55. The molecule has 1 aliphatic carbocycles. The summed E-state index contributed by atoms with van der Waals surface area (Å²) in [5.74, 6) is -2.83. The Morgan fingerprint density at radius 1 is 1.35 bits per heavy atom. The Morgan fingerprint density at radius 2 is 2.03 bits per heavy atom. The highest BCUT2D eigenvalue weighted by atomic mass is 19.4. The summed E-state index contributed by atoms with van der Waals surface area (Å²) in [6, 6.07) is -2.01. The van der Waals surface area contributed by atoms with Crippen LogP contribution in [0.1, 0.15) is 33.1 Å². The smallest absolute Gasteiger partial charge is 0.368 e. The summed E-state index contributed by atoms with van der Waals surface area (Å²) in [6.45, 7) is 3.78. The molecule has 0 radical (unpaired) electrons. The van der Waals surface area contributed by atoms with E-state index >= 15 is 0 Å². The monoisotopic (exact) mass is 448 g/mol. The summed E-state index contributed by atoms with van der Waals surface area (Å²) in [7, 11) is 0. The maximum atomic E-state index is 13.1. The third-order valence-corrected chi connectivity index (χ3v) is 6.72. The number of halogens is 3. The van der Waals surface area contributed by atoms with Gasteiger partial charge in [-0.3, -0.25) is 23.9 Å². The van der Waals surface area contributed by atoms with Gasteiger partial charge in [0.2, 0.25) is 23.6 Å². The molecule has 0 aromatic rings. The van der Waals surface area contributed by atoms with Crippen LogP contribution in [0.15, 0.2) is 0 Å². The van der Waals surface area contributed by atoms with Crippen LogP contribution < -0.4 is 16.4 Å². The van der Waals surface area contributed by atoms with Crippen LogP contribution in [-0.4, -0.2) is 66.7 Å². The lowest BCUT2D eigenvalue weighted by atomic mass is 9.96. The Kier molecular flexibility index (Phi) is 6.23. The second kappa shape index (κ2) is 8.29. The summed E-state index contributed by atoms with van der Waals surface area (Å²) >= 11 is 0. The van der Waals surface area contributed by atoms with Crippen molar-refractivity contribution in [2.75, 3.05) is 19.7 Å². The molecule has 4 N–H and O–H groups in total. The molecule has 0 spiro atoms. The lowest BCUT2D eigenvalue weighted by Gasteiger charge is -2.31. The van der Waals surface area contributed by atoms with E-state index in [2.05, 4.69) is 15.4 Å². The third-order valence-electron chi connectivity index (χ3n) is 6.72. The number of fused-ring (bicyclic) bond motifs is 1. The molecule has 2 saturated heterocycles. The van der Waals surface area contributed by atoms with Crippen molar-refractivity contribution in [2.24, 2.45) is 28.9 Å². The van der Waals surface area contributed by atoms with Crippen LogP contribution in [0.3, 0.4) is 0 Å². The van der Waals surface area contributed by atoms with Gasteiger partial charge in [-0.05, 0) is 30.1 Å². The fraction of sp³-hybridized carbons (Fsp3) is 0.789. The van der Waals surface area contributed by atoms with Gasteiger partial charge in [0.15, 0.2) is 0 Å². The van der Waals surface area contributed by atoms with E-state index in [9.17, 15) is 32.3 Å². The van der Waals surface area contributed by atoms with E-state index in [0.29, 0.717) is 13.0 Å². The lowest BCUT2D eigenvalue weighted by molar-refractivity contribution is -0.324. The first-order valence-corrected chi connectivity index (χ1v) is 10.2. The van der Waals surface area contributed by atoms with Crippen molar-refractivity contribution in [3.8, 4) is 0 Å². The van der Waals surface area contributed by atoms with Gasteiger partial charge in [0.05, 0.1) is 13.0 Å². The number of hydrogen-bond acceptors (Lipinski definition) is 5. The fourth-order valence-electron chi connectivity index (χ4n) is 4.90. The Hall–Kier alpha value is -2.37. The maximum Gasteiger partial charge on any atom is 0.522 e. The molecule has 1 unspecified atom stereocenters. The summed E-state index contributed by atoms with van der Waals surface area (Å²) in [6.07, 6.45) is -4.80. The molecule has 4 amide bonds. The SMILES string of the molecule is CC1(C)[C@@H]2[C@@H](C(=O)NC(C[C@@H]3CCNC3=O)C(N)=O)N(C(=O)CCOC(F)(F)F)C[C@@H]21. The molecular formula is C19H27F3N4O5. The summed E-state index contributed by atoms with van der Waals surface area (Å²) < 4.78 is 40.2. The number of likely N-dealkylation sites (tertiary alicyclic amines) is 1. The number of rotatable bonds is 8. The molecule has 5 atom stereocenters. The second-order valence-electron chi connectivity index (χ2n) is 8.96. The predicted molar refractivity (Wildman–Crippen MR) is 99.7 cm³/mol. The van der Waals surface area contributed by atoms with Gasteiger partial charge < -0.3 is 21.3 Å². The first-order chi connectivity index (χ1) is 14.3. The molecule has 0 bridgehead atoms. The number of carbonyl (C=O) groups is 4. The number of ether oxygens (including phenoxy) is 1. The normalized spacial score (nSPS) is 29.8. The van der Waals surface area contributed by atoms with Gasteiger partial charge in [-0.15, -0.1) is 13.2 Å². The van der Waals surface area contributed by atoms with Crippen LogP contribution in [0.2, 0.25) is 0 Å². The highest BCUT2D eigenvalue weighted by Crippen LogP contribution is 2.64. The van der Waals surface area contributed by atoms with Crippen LogP contribution >= 0.6 is 0 Å². The van der Waals surface area contributed by atoms with E-state index in [1.165, 1.54) is 4.90 Å². The number of alkyl halides is 3. The van der Waals surface area contributed by atoms with Crippen molar-refractivity contribution in [1.29, 1.82) is 0 Å². The molecule has 174 valence electrons. The standard InChI is InChI=1S/C19H27F3N4O5/c1-18(2)10-8-26(12(27)4-6-31-19(20,21)22)14(13(10)18)17(30)25-11(15(23)28)7-9-3-5-24-16(9)29/h9-11,13-14H,3-8H2,1-2H3,(H2,23,28)(H,24,29)(H,25,30)/t9-,10-,11?,13-,14-/m0/s1. The Bertz CT molecular complexity index is 772. The first kappa shape index (κ1) is 23.3. The molecule has 0 aromatic heterocycles. The second-order valence-corrected chi connectivity index (χ2v) is 8.96. The van der Waals surface area contributed by atoms with Crippen molar-refractivity contribution in [1.82, 2.24) is 15.5 Å². The van der Waals surface area contributed by atoms with E-state index in [1.54, 1.807) is 0 Å². The number of nitrogens with one attached hydrogen (secondary N) is 2. The van der Waals surface area contributed by atoms with E-state index in [4.69, 9.17) is 5.73 Å². The van der Waals surface area contributed by atoms with Crippen LogP contribution in [0.25, 0.3) is 0 Å². The van der Waals surface area contributed by atoms with Gasteiger partial charge >= 0.3 is 6.36 Å². The minimum Gasteiger partial charge on any atom is -0.368 e. The van der Waals surface area contributed by atoms with E-state index < -0.39 is 55.1 Å². The minimum atomic E-state index is -4.84. The molecule has 1 saturated carbocycles. The Morgan fingerprint density at radius 3 is 2.58 bits per heavy atom. The number of nitrogens with two attached hydrogens (primary N) is 1. The molecule has 2 aliphatic heterocycles. The zero-order chi connectivity index (χ0) is 23.1. The molecule has 3 aliphatic rings. The highest BCUT2D eigenvalue weighted by molar-refractivity contribution is 5.93. The number of hydrogen-bond donors (Lipinski definition) is 3. The van der Waals surface area contributed by atoms with E-state index in [-0.39, 0.29) is 36.1 Å². The Labute approximate surface area is 177 Å². The van der Waals surface area contributed by atoms with Gasteiger partial charge in [-0.2, -0.15) is 0 Å². The molecule has 12 heteroatoms. The van der Waals surface area contributed by atoms with Gasteiger partial charge in [0.25, 0.3) is 0 Å². The molecule has 9 nitrogen and oxygen atoms in total. The quantitative estimate of drug-likeness (QED) is 0.477. The zero-order valence-electron chi connectivity index (χ0n) is 17.3. The number of amides is 4. The first-order valence-electron chi connectivity index (χ1n) is 10.2. The maximum absolute atomic E-state index is 13.1. The van der Waals surface area contributed by atoms with Crippen LogP contribution in [-0.2, 0) is 23.9 Å². The fourth-order valence-corrected chi connectivity index (χ4v) is 4.90. The van der Waals surface area contributed by atoms with Crippen LogP contribution in [0.5, 0.6) is 0 Å². The van der Waals surface area contributed by atoms with Gasteiger partial charge in [0, 0.05) is 19.0 Å². The van der Waals surface area contributed by atoms with Crippen LogP contribution in [0, 0.1) is 23.2 Å². The van der Waals surface area contributed by atoms with Gasteiger partial charge in [-0.25, -0.2) is 0 Å². The molecule has 3 fully saturated rings. The zero-order valence-corrected chi connectivity index (χ0v) is 17.3. The summed E-state index contributed by atoms with van der Waals surface area (Å²) in [5, 5.41) is 5.22. The van der Waals surface area contributed by atoms with Crippen molar-refractivity contribution in [3.63, 3.8) is 0 Å².